The van der Waals surface area contributed by atoms with E-state index in [0.29, 0.717) is 12.4 Å². The van der Waals surface area contributed by atoms with Crippen molar-refractivity contribution in [3.8, 4) is 11.5 Å². The first-order valence-electron chi connectivity index (χ1n) is 10.4. The predicted octanol–water partition coefficient (Wildman–Crippen LogP) is 6.78. The summed E-state index contributed by atoms with van der Waals surface area (Å²) in [7, 11) is 1.66. The number of hydrogen-bond donors (Lipinski definition) is 1. The standard InChI is InChI=1S/C25H30ClNO3/c1-5-6-7-17(2)25(18(3)28)21-14-24-22(15-23(21)29-4)27(12-13-30-24)16-19-8-10-20(26)11-9-19/h7-11,14-15,28H,5-6,12-13,16H2,1-4H3/b17-7+,25-18+. The molecule has 30 heavy (non-hydrogen) atoms. The van der Waals surface area contributed by atoms with Crippen LogP contribution in [0.1, 0.15) is 44.7 Å². The quantitative estimate of drug-likeness (QED) is 0.390. The van der Waals surface area contributed by atoms with Crippen molar-refractivity contribution in [2.75, 3.05) is 25.2 Å². The molecule has 4 nitrogen and oxygen atoms in total. The van der Waals surface area contributed by atoms with Gasteiger partial charge in [-0.3, -0.25) is 0 Å². The van der Waals surface area contributed by atoms with Crippen LogP contribution in [0, 0.1) is 0 Å². The summed E-state index contributed by atoms with van der Waals surface area (Å²) in [5.41, 5.74) is 4.84. The molecule has 1 aliphatic heterocycles. The lowest BCUT2D eigenvalue weighted by atomic mass is 9.94. The van der Waals surface area contributed by atoms with Gasteiger partial charge in [0.2, 0.25) is 0 Å². The number of fused-ring (bicyclic) bond motifs is 1. The molecule has 0 atom stereocenters. The second-order valence-electron chi connectivity index (χ2n) is 7.55. The Balaban J connectivity index is 2.01. The number of anilines is 1. The van der Waals surface area contributed by atoms with Gasteiger partial charge in [-0.25, -0.2) is 0 Å². The summed E-state index contributed by atoms with van der Waals surface area (Å²) in [6.45, 7) is 8.03. The van der Waals surface area contributed by atoms with E-state index in [1.54, 1.807) is 14.0 Å². The van der Waals surface area contributed by atoms with E-state index >= 15 is 0 Å². The summed E-state index contributed by atoms with van der Waals surface area (Å²) in [4.78, 5) is 2.28. The van der Waals surface area contributed by atoms with Crippen molar-refractivity contribution in [3.63, 3.8) is 0 Å². The molecule has 0 aromatic heterocycles. The first-order valence-corrected chi connectivity index (χ1v) is 10.7. The Labute approximate surface area is 184 Å². The fraction of sp³-hybridized carbons (Fsp3) is 0.360. The molecule has 1 N–H and O–H groups in total. The average Bonchev–Trinajstić information content (AvgIpc) is 2.73. The van der Waals surface area contributed by atoms with Gasteiger partial charge in [0.15, 0.2) is 0 Å². The van der Waals surface area contributed by atoms with Crippen LogP contribution in [-0.2, 0) is 6.54 Å². The molecule has 0 aliphatic carbocycles. The van der Waals surface area contributed by atoms with Crippen LogP contribution in [0.4, 0.5) is 5.69 Å². The summed E-state index contributed by atoms with van der Waals surface area (Å²) in [5, 5.41) is 11.2. The topological polar surface area (TPSA) is 41.9 Å². The predicted molar refractivity (Wildman–Crippen MR) is 125 cm³/mol. The van der Waals surface area contributed by atoms with Crippen LogP contribution < -0.4 is 14.4 Å². The third-order valence-corrected chi connectivity index (χ3v) is 5.54. The number of unbranched alkanes of at least 4 members (excludes halogenated alkanes) is 1. The number of aliphatic hydroxyl groups excluding tert-OH is 1. The van der Waals surface area contributed by atoms with E-state index in [-0.39, 0.29) is 5.76 Å². The average molecular weight is 428 g/mol. The van der Waals surface area contributed by atoms with E-state index in [1.807, 2.05) is 43.3 Å². The van der Waals surface area contributed by atoms with Crippen LogP contribution in [0.25, 0.3) is 5.57 Å². The maximum Gasteiger partial charge on any atom is 0.143 e. The molecule has 3 rings (SSSR count). The zero-order valence-electron chi connectivity index (χ0n) is 18.2. The number of ether oxygens (including phenoxy) is 2. The van der Waals surface area contributed by atoms with Crippen molar-refractivity contribution < 1.29 is 14.6 Å². The molecule has 0 fully saturated rings. The Kier molecular flexibility index (Phi) is 7.33. The van der Waals surface area contributed by atoms with Crippen LogP contribution in [0.3, 0.4) is 0 Å². The molecule has 160 valence electrons. The summed E-state index contributed by atoms with van der Waals surface area (Å²) in [6, 6.07) is 11.9. The number of allylic oxidation sites excluding steroid dienone is 4. The molecule has 0 radical (unpaired) electrons. The second kappa shape index (κ2) is 9.94. The maximum atomic E-state index is 10.4. The molecule has 1 heterocycles. The van der Waals surface area contributed by atoms with Crippen molar-refractivity contribution in [3.05, 3.63) is 70.0 Å². The number of hydrogen-bond acceptors (Lipinski definition) is 4. The van der Waals surface area contributed by atoms with Gasteiger partial charge in [0.05, 0.1) is 25.1 Å². The first-order chi connectivity index (χ1) is 14.4. The molecule has 0 spiro atoms. The van der Waals surface area contributed by atoms with E-state index in [2.05, 4.69) is 17.9 Å². The number of rotatable bonds is 7. The van der Waals surface area contributed by atoms with Crippen LogP contribution in [-0.4, -0.2) is 25.4 Å². The zero-order valence-corrected chi connectivity index (χ0v) is 18.9. The number of aliphatic hydroxyl groups is 1. The maximum absolute atomic E-state index is 10.4. The van der Waals surface area contributed by atoms with Crippen molar-refractivity contribution in [2.45, 2.75) is 40.2 Å². The third-order valence-electron chi connectivity index (χ3n) is 5.29. The number of benzene rings is 2. The molecule has 2 aromatic carbocycles. The minimum absolute atomic E-state index is 0.270. The Morgan fingerprint density at radius 3 is 2.60 bits per heavy atom. The molecule has 1 aliphatic rings. The molecule has 0 bridgehead atoms. The second-order valence-corrected chi connectivity index (χ2v) is 7.99. The minimum atomic E-state index is 0.270. The van der Waals surface area contributed by atoms with Gasteiger partial charge < -0.3 is 19.5 Å². The molecular formula is C25H30ClNO3. The lowest BCUT2D eigenvalue weighted by molar-refractivity contribution is 0.305. The Bertz CT molecular complexity index is 944. The monoisotopic (exact) mass is 427 g/mol. The van der Waals surface area contributed by atoms with Crippen LogP contribution in [0.15, 0.2) is 53.8 Å². The fourth-order valence-electron chi connectivity index (χ4n) is 3.79. The molecule has 0 unspecified atom stereocenters. The molecule has 2 aromatic rings. The Hall–Kier alpha value is -2.59. The molecule has 0 saturated carbocycles. The summed E-state index contributed by atoms with van der Waals surface area (Å²) in [5.74, 6) is 1.79. The normalized spacial score (nSPS) is 14.7. The van der Waals surface area contributed by atoms with Crippen molar-refractivity contribution in [2.24, 2.45) is 0 Å². The zero-order chi connectivity index (χ0) is 21.7. The van der Waals surface area contributed by atoms with E-state index < -0.39 is 0 Å². The molecule has 0 saturated heterocycles. The highest BCUT2D eigenvalue weighted by atomic mass is 35.5. The number of halogens is 1. The third kappa shape index (κ3) is 4.93. The van der Waals surface area contributed by atoms with Gasteiger partial charge in [0.25, 0.3) is 0 Å². The van der Waals surface area contributed by atoms with Crippen molar-refractivity contribution in [1.29, 1.82) is 0 Å². The SMILES string of the molecule is CCC/C=C(C)/C(=C(/C)O)c1cc2c(cc1OC)N(Cc1ccc(Cl)cc1)CCO2. The minimum Gasteiger partial charge on any atom is -0.512 e. The molecule has 5 heteroatoms. The first kappa shape index (κ1) is 22.1. The van der Waals surface area contributed by atoms with Crippen LogP contribution in [0.5, 0.6) is 11.5 Å². The summed E-state index contributed by atoms with van der Waals surface area (Å²) < 4.78 is 11.7. The molecule has 0 amide bonds. The van der Waals surface area contributed by atoms with Gasteiger partial charge >= 0.3 is 0 Å². The summed E-state index contributed by atoms with van der Waals surface area (Å²) in [6.07, 6.45) is 4.17. The fourth-order valence-corrected chi connectivity index (χ4v) is 3.92. The van der Waals surface area contributed by atoms with Crippen molar-refractivity contribution in [1.82, 2.24) is 0 Å². The highest BCUT2D eigenvalue weighted by molar-refractivity contribution is 6.30. The van der Waals surface area contributed by atoms with Crippen LogP contribution >= 0.6 is 11.6 Å². The Morgan fingerprint density at radius 1 is 1.23 bits per heavy atom. The van der Waals surface area contributed by atoms with Gasteiger partial charge in [0.1, 0.15) is 18.1 Å². The van der Waals surface area contributed by atoms with E-state index in [4.69, 9.17) is 21.1 Å². The van der Waals surface area contributed by atoms with Gasteiger partial charge in [-0.15, -0.1) is 0 Å². The lowest BCUT2D eigenvalue weighted by Gasteiger charge is -2.32. The van der Waals surface area contributed by atoms with Gasteiger partial charge in [0, 0.05) is 28.8 Å². The number of methoxy groups -OCH3 is 1. The van der Waals surface area contributed by atoms with Gasteiger partial charge in [-0.05, 0) is 49.6 Å². The van der Waals surface area contributed by atoms with E-state index in [9.17, 15) is 5.11 Å². The number of nitrogens with zero attached hydrogens (tertiary/aromatic N) is 1. The Morgan fingerprint density at radius 2 is 1.97 bits per heavy atom. The largest absolute Gasteiger partial charge is 0.512 e. The summed E-state index contributed by atoms with van der Waals surface area (Å²) >= 11 is 6.03. The van der Waals surface area contributed by atoms with Gasteiger partial charge in [-0.2, -0.15) is 0 Å². The highest BCUT2D eigenvalue weighted by Gasteiger charge is 2.24. The van der Waals surface area contributed by atoms with Crippen LogP contribution in [0.2, 0.25) is 5.02 Å². The van der Waals surface area contributed by atoms with Gasteiger partial charge in [-0.1, -0.05) is 43.2 Å². The highest BCUT2D eigenvalue weighted by Crippen LogP contribution is 2.43. The smallest absolute Gasteiger partial charge is 0.143 e. The molecular weight excluding hydrogens is 398 g/mol. The van der Waals surface area contributed by atoms with E-state index in [0.717, 1.165) is 59.1 Å². The van der Waals surface area contributed by atoms with E-state index in [1.165, 1.54) is 5.56 Å². The lowest BCUT2D eigenvalue weighted by Crippen LogP contribution is -2.32. The van der Waals surface area contributed by atoms with Crippen molar-refractivity contribution >= 4 is 22.9 Å².